The lowest BCUT2D eigenvalue weighted by Gasteiger charge is -2.35. The van der Waals surface area contributed by atoms with Gasteiger partial charge in [-0.05, 0) is 38.4 Å². The Morgan fingerprint density at radius 1 is 1.29 bits per heavy atom. The van der Waals surface area contributed by atoms with Crippen LogP contribution in [0.25, 0.3) is 0 Å². The van der Waals surface area contributed by atoms with Crippen molar-refractivity contribution >= 4 is 5.91 Å². The van der Waals surface area contributed by atoms with Crippen molar-refractivity contribution < 1.29 is 4.79 Å². The first kappa shape index (κ1) is 12.1. The predicted molar refractivity (Wildman–Crippen MR) is 67.3 cm³/mol. The second-order valence-corrected chi connectivity index (χ2v) is 4.30. The van der Waals surface area contributed by atoms with Gasteiger partial charge >= 0.3 is 0 Å². The van der Waals surface area contributed by atoms with Crippen LogP contribution in [0.15, 0.2) is 30.3 Å². The van der Waals surface area contributed by atoms with E-state index in [-0.39, 0.29) is 12.1 Å². The molecule has 17 heavy (non-hydrogen) atoms. The van der Waals surface area contributed by atoms with E-state index in [1.165, 1.54) is 6.42 Å². The van der Waals surface area contributed by atoms with Crippen molar-refractivity contribution in [1.29, 1.82) is 0 Å². The van der Waals surface area contributed by atoms with Gasteiger partial charge in [-0.2, -0.15) is 0 Å². The number of hydrazine groups is 1. The van der Waals surface area contributed by atoms with Crippen LogP contribution in [0.5, 0.6) is 0 Å². The molecule has 0 aromatic heterocycles. The van der Waals surface area contributed by atoms with E-state index in [0.29, 0.717) is 5.56 Å². The lowest BCUT2D eigenvalue weighted by atomic mass is 10.1. The molecule has 1 aromatic carbocycles. The molecule has 1 atom stereocenters. The van der Waals surface area contributed by atoms with E-state index in [1.54, 1.807) is 0 Å². The summed E-state index contributed by atoms with van der Waals surface area (Å²) in [5.74, 6) is -0.0345. The monoisotopic (exact) mass is 233 g/mol. The summed E-state index contributed by atoms with van der Waals surface area (Å²) in [6.07, 6.45) is 3.67. The molecule has 0 spiro atoms. The van der Waals surface area contributed by atoms with Crippen LogP contribution < -0.4 is 10.7 Å². The highest BCUT2D eigenvalue weighted by molar-refractivity contribution is 5.93. The van der Waals surface area contributed by atoms with Crippen LogP contribution in [-0.4, -0.2) is 30.7 Å². The van der Waals surface area contributed by atoms with Gasteiger partial charge in [-0.3, -0.25) is 10.2 Å². The summed E-state index contributed by atoms with van der Waals surface area (Å²) < 4.78 is 0. The predicted octanol–water partition coefficient (Wildman–Crippen LogP) is 1.36. The Balaban J connectivity index is 1.98. The summed E-state index contributed by atoms with van der Waals surface area (Å²) in [5.41, 5.74) is 3.67. The number of carbonyl (C=O) groups excluding carboxylic acids is 1. The lowest BCUT2D eigenvalue weighted by Crippen LogP contribution is -2.55. The Labute approximate surface area is 102 Å². The zero-order chi connectivity index (χ0) is 12.1. The number of amides is 1. The minimum atomic E-state index is -0.0345. The van der Waals surface area contributed by atoms with Gasteiger partial charge < -0.3 is 5.32 Å². The molecule has 1 unspecified atom stereocenters. The van der Waals surface area contributed by atoms with Gasteiger partial charge in [-0.15, -0.1) is 0 Å². The van der Waals surface area contributed by atoms with Gasteiger partial charge in [-0.1, -0.05) is 18.2 Å². The third-order valence-electron chi connectivity index (χ3n) is 3.12. The number of piperidine rings is 1. The molecular formula is C13H19N3O. The van der Waals surface area contributed by atoms with Crippen LogP contribution in [0.4, 0.5) is 0 Å². The van der Waals surface area contributed by atoms with Crippen LogP contribution in [0.3, 0.4) is 0 Å². The van der Waals surface area contributed by atoms with E-state index in [2.05, 4.69) is 10.7 Å². The molecular weight excluding hydrogens is 214 g/mol. The highest BCUT2D eigenvalue weighted by Crippen LogP contribution is 2.12. The lowest BCUT2D eigenvalue weighted by molar-refractivity contribution is 0.0503. The molecule has 4 nitrogen and oxygen atoms in total. The van der Waals surface area contributed by atoms with Crippen molar-refractivity contribution in [3.05, 3.63) is 35.9 Å². The average molecular weight is 233 g/mol. The van der Waals surface area contributed by atoms with E-state index in [0.717, 1.165) is 19.4 Å². The molecule has 1 heterocycles. The Morgan fingerprint density at radius 2 is 2.06 bits per heavy atom. The number of benzene rings is 1. The van der Waals surface area contributed by atoms with Crippen molar-refractivity contribution in [2.24, 2.45) is 0 Å². The molecule has 0 aliphatic carbocycles. The third-order valence-corrected chi connectivity index (χ3v) is 3.12. The SMILES string of the molecule is CNC1CCCCN1NC(=O)c1ccccc1. The van der Waals surface area contributed by atoms with E-state index < -0.39 is 0 Å². The third kappa shape index (κ3) is 3.05. The topological polar surface area (TPSA) is 44.4 Å². The molecule has 2 N–H and O–H groups in total. The van der Waals surface area contributed by atoms with E-state index in [9.17, 15) is 4.79 Å². The van der Waals surface area contributed by atoms with Crippen LogP contribution in [-0.2, 0) is 0 Å². The number of rotatable bonds is 3. The molecule has 1 fully saturated rings. The highest BCUT2D eigenvalue weighted by Gasteiger charge is 2.22. The number of nitrogens with one attached hydrogen (secondary N) is 2. The Bertz CT molecular complexity index is 366. The second kappa shape index (κ2) is 5.80. The Hall–Kier alpha value is -1.39. The van der Waals surface area contributed by atoms with E-state index in [4.69, 9.17) is 0 Å². The number of hydrogen-bond acceptors (Lipinski definition) is 3. The number of nitrogens with zero attached hydrogens (tertiary/aromatic N) is 1. The summed E-state index contributed by atoms with van der Waals surface area (Å²) in [4.78, 5) is 12.0. The van der Waals surface area contributed by atoms with Crippen molar-refractivity contribution in [2.75, 3.05) is 13.6 Å². The quantitative estimate of drug-likeness (QED) is 0.828. The standard InChI is InChI=1S/C13H19N3O/c1-14-12-9-5-6-10-16(12)15-13(17)11-7-3-2-4-8-11/h2-4,7-8,12,14H,5-6,9-10H2,1H3,(H,15,17). The largest absolute Gasteiger partial charge is 0.303 e. The van der Waals surface area contributed by atoms with Gasteiger partial charge in [0.25, 0.3) is 5.91 Å². The van der Waals surface area contributed by atoms with Crippen LogP contribution in [0, 0.1) is 0 Å². The first-order chi connectivity index (χ1) is 8.31. The zero-order valence-corrected chi connectivity index (χ0v) is 10.1. The molecule has 92 valence electrons. The minimum Gasteiger partial charge on any atom is -0.303 e. The molecule has 1 aliphatic heterocycles. The molecule has 0 saturated carbocycles. The number of carbonyl (C=O) groups is 1. The summed E-state index contributed by atoms with van der Waals surface area (Å²) in [6, 6.07) is 9.32. The van der Waals surface area contributed by atoms with Gasteiger partial charge in [-0.25, -0.2) is 5.01 Å². The average Bonchev–Trinajstić information content (AvgIpc) is 2.40. The molecule has 1 saturated heterocycles. The molecule has 1 amide bonds. The molecule has 0 radical (unpaired) electrons. The maximum absolute atomic E-state index is 12.0. The normalized spacial score (nSPS) is 21.1. The van der Waals surface area contributed by atoms with E-state index >= 15 is 0 Å². The Morgan fingerprint density at radius 3 is 2.76 bits per heavy atom. The van der Waals surface area contributed by atoms with Crippen molar-refractivity contribution in [3.8, 4) is 0 Å². The first-order valence-corrected chi connectivity index (χ1v) is 6.11. The van der Waals surface area contributed by atoms with Crippen LogP contribution >= 0.6 is 0 Å². The smallest absolute Gasteiger partial charge is 0.265 e. The fourth-order valence-corrected chi connectivity index (χ4v) is 2.15. The van der Waals surface area contributed by atoms with Crippen molar-refractivity contribution in [1.82, 2.24) is 15.8 Å². The molecule has 2 rings (SSSR count). The maximum atomic E-state index is 12.0. The van der Waals surface area contributed by atoms with Crippen molar-refractivity contribution in [2.45, 2.75) is 25.4 Å². The van der Waals surface area contributed by atoms with Gasteiger partial charge in [0.2, 0.25) is 0 Å². The fourth-order valence-electron chi connectivity index (χ4n) is 2.15. The minimum absolute atomic E-state index is 0.0345. The molecule has 4 heteroatoms. The van der Waals surface area contributed by atoms with Crippen molar-refractivity contribution in [3.63, 3.8) is 0 Å². The Kier molecular flexibility index (Phi) is 4.12. The highest BCUT2D eigenvalue weighted by atomic mass is 16.2. The fraction of sp³-hybridized carbons (Fsp3) is 0.462. The van der Waals surface area contributed by atoms with Crippen LogP contribution in [0.1, 0.15) is 29.6 Å². The van der Waals surface area contributed by atoms with Crippen LogP contribution in [0.2, 0.25) is 0 Å². The summed E-state index contributed by atoms with van der Waals surface area (Å²) in [5, 5.41) is 5.22. The summed E-state index contributed by atoms with van der Waals surface area (Å²) in [7, 11) is 1.93. The molecule has 1 aromatic rings. The van der Waals surface area contributed by atoms with Gasteiger partial charge in [0.15, 0.2) is 0 Å². The van der Waals surface area contributed by atoms with Gasteiger partial charge in [0.05, 0.1) is 6.17 Å². The van der Waals surface area contributed by atoms with Gasteiger partial charge in [0, 0.05) is 12.1 Å². The molecule has 1 aliphatic rings. The van der Waals surface area contributed by atoms with E-state index in [1.807, 2.05) is 42.4 Å². The summed E-state index contributed by atoms with van der Waals surface area (Å²) >= 11 is 0. The number of hydrogen-bond donors (Lipinski definition) is 2. The molecule has 0 bridgehead atoms. The zero-order valence-electron chi connectivity index (χ0n) is 10.1. The maximum Gasteiger partial charge on any atom is 0.265 e. The summed E-state index contributed by atoms with van der Waals surface area (Å²) in [6.45, 7) is 0.907. The first-order valence-electron chi connectivity index (χ1n) is 6.11. The second-order valence-electron chi connectivity index (χ2n) is 4.30. The van der Waals surface area contributed by atoms with Gasteiger partial charge in [0.1, 0.15) is 0 Å².